The van der Waals surface area contributed by atoms with Gasteiger partial charge in [-0.2, -0.15) is 0 Å². The van der Waals surface area contributed by atoms with Crippen molar-refractivity contribution in [1.82, 2.24) is 0 Å². The van der Waals surface area contributed by atoms with Crippen LogP contribution in [0.3, 0.4) is 0 Å². The number of rotatable bonds is 6. The average molecular weight is 847 g/mol. The Hall–Kier alpha value is -7.38. The maximum Gasteiger partial charge on any atom is 0.172 e. The fraction of sp³-hybridized carbons (Fsp3) is 0.0526. The average Bonchev–Trinajstić information content (AvgIpc) is 3.95. The third-order valence-electron chi connectivity index (χ3n) is 12.9. The SMILES string of the molecule is CC1(C)c2ccccc2-c2cc3c(cc21)Oc1cc(N(c2ccccc2)c2ccc4c(c2)sc2ccccc24)c(N(c2ccccc2)c2ccc4c(c2)sc2ccccc24)cc1O3. The first kappa shape index (κ1) is 36.3. The molecular weight excluding hydrogens is 809 g/mol. The zero-order valence-corrected chi connectivity index (χ0v) is 36.1. The molecule has 0 unspecified atom stereocenters. The Morgan fingerprint density at radius 3 is 1.35 bits per heavy atom. The highest BCUT2D eigenvalue weighted by Gasteiger charge is 2.38. The van der Waals surface area contributed by atoms with Gasteiger partial charge in [-0.15, -0.1) is 22.7 Å². The highest BCUT2D eigenvalue weighted by atomic mass is 32.1. The summed E-state index contributed by atoms with van der Waals surface area (Å²) < 4.78 is 19.1. The van der Waals surface area contributed by atoms with Gasteiger partial charge in [-0.05, 0) is 95.1 Å². The minimum atomic E-state index is -0.180. The first-order valence-corrected chi connectivity index (χ1v) is 22.9. The fourth-order valence-corrected chi connectivity index (χ4v) is 12.2. The molecule has 0 radical (unpaired) electrons. The van der Waals surface area contributed by atoms with Crippen molar-refractivity contribution in [1.29, 1.82) is 0 Å². The Labute approximate surface area is 373 Å². The van der Waals surface area contributed by atoms with Crippen molar-refractivity contribution in [2.24, 2.45) is 0 Å². The lowest BCUT2D eigenvalue weighted by molar-refractivity contribution is 0.359. The normalized spacial score (nSPS) is 13.3. The van der Waals surface area contributed by atoms with Crippen LogP contribution >= 0.6 is 22.7 Å². The van der Waals surface area contributed by atoms with Crippen molar-refractivity contribution >= 4 is 97.1 Å². The highest BCUT2D eigenvalue weighted by molar-refractivity contribution is 7.26. The molecule has 3 heterocycles. The molecule has 0 fully saturated rings. The number of benzene rings is 9. The van der Waals surface area contributed by atoms with Gasteiger partial charge in [0, 0.05) is 80.6 Å². The smallest absolute Gasteiger partial charge is 0.172 e. The number of anilines is 6. The van der Waals surface area contributed by atoms with Gasteiger partial charge in [-0.1, -0.05) is 123 Å². The second-order valence-corrected chi connectivity index (χ2v) is 19.1. The highest BCUT2D eigenvalue weighted by Crippen LogP contribution is 2.58. The van der Waals surface area contributed by atoms with Crippen LogP contribution in [0.15, 0.2) is 194 Å². The van der Waals surface area contributed by atoms with Gasteiger partial charge >= 0.3 is 0 Å². The van der Waals surface area contributed by atoms with Crippen molar-refractivity contribution in [3.63, 3.8) is 0 Å². The van der Waals surface area contributed by atoms with Crippen LogP contribution in [0.25, 0.3) is 51.5 Å². The summed E-state index contributed by atoms with van der Waals surface area (Å²) in [6.45, 7) is 4.59. The maximum atomic E-state index is 7.04. The van der Waals surface area contributed by atoms with Crippen molar-refractivity contribution in [2.75, 3.05) is 9.80 Å². The molecule has 9 aromatic carbocycles. The second kappa shape index (κ2) is 13.8. The summed E-state index contributed by atoms with van der Waals surface area (Å²) in [4.78, 5) is 4.74. The van der Waals surface area contributed by atoms with E-state index in [0.29, 0.717) is 23.0 Å². The predicted octanol–water partition coefficient (Wildman–Crippen LogP) is 17.6. The molecule has 0 atom stereocenters. The molecule has 0 saturated carbocycles. The topological polar surface area (TPSA) is 24.9 Å². The second-order valence-electron chi connectivity index (χ2n) is 16.9. The van der Waals surface area contributed by atoms with Crippen molar-refractivity contribution < 1.29 is 9.47 Å². The monoisotopic (exact) mass is 846 g/mol. The van der Waals surface area contributed by atoms with Gasteiger partial charge in [-0.3, -0.25) is 0 Å². The lowest BCUT2D eigenvalue weighted by atomic mass is 9.82. The zero-order valence-electron chi connectivity index (χ0n) is 34.5. The van der Waals surface area contributed by atoms with Gasteiger partial charge < -0.3 is 19.3 Å². The van der Waals surface area contributed by atoms with Crippen LogP contribution in [-0.2, 0) is 5.41 Å². The van der Waals surface area contributed by atoms with Crippen LogP contribution in [0, 0.1) is 0 Å². The van der Waals surface area contributed by atoms with E-state index >= 15 is 0 Å². The summed E-state index contributed by atoms with van der Waals surface area (Å²) in [7, 11) is 0. The summed E-state index contributed by atoms with van der Waals surface area (Å²) in [6, 6.07) is 69.9. The Bertz CT molecular complexity index is 3630. The van der Waals surface area contributed by atoms with Crippen LogP contribution in [0.5, 0.6) is 23.0 Å². The van der Waals surface area contributed by atoms with E-state index in [2.05, 4.69) is 218 Å². The van der Waals surface area contributed by atoms with Gasteiger partial charge in [0.05, 0.1) is 11.4 Å². The first-order valence-electron chi connectivity index (χ1n) is 21.3. The van der Waals surface area contributed by atoms with E-state index in [-0.39, 0.29) is 5.41 Å². The molecule has 6 heteroatoms. The number of thiophene rings is 2. The Morgan fingerprint density at radius 2 is 0.794 bits per heavy atom. The maximum absolute atomic E-state index is 7.04. The molecule has 4 nitrogen and oxygen atoms in total. The summed E-state index contributed by atoms with van der Waals surface area (Å²) in [5, 5.41) is 5.06. The number of hydrogen-bond donors (Lipinski definition) is 0. The quantitative estimate of drug-likeness (QED) is 0.166. The molecule has 0 spiro atoms. The summed E-state index contributed by atoms with van der Waals surface area (Å²) in [5.41, 5.74) is 10.8. The van der Waals surface area contributed by atoms with Gasteiger partial charge in [0.15, 0.2) is 23.0 Å². The van der Waals surface area contributed by atoms with Crippen LogP contribution in [0.1, 0.15) is 25.0 Å². The molecule has 13 rings (SSSR count). The number of hydrogen-bond acceptors (Lipinski definition) is 6. The predicted molar refractivity (Wildman–Crippen MR) is 266 cm³/mol. The van der Waals surface area contributed by atoms with Crippen molar-refractivity contribution in [2.45, 2.75) is 19.3 Å². The van der Waals surface area contributed by atoms with Gasteiger partial charge in [0.1, 0.15) is 0 Å². The van der Waals surface area contributed by atoms with E-state index < -0.39 is 0 Å². The lowest BCUT2D eigenvalue weighted by Gasteiger charge is -2.35. The molecular formula is C57H38N2O2S2. The summed E-state index contributed by atoms with van der Waals surface area (Å²) >= 11 is 3.66. The molecule has 63 heavy (non-hydrogen) atoms. The standard InChI is InChI=1S/C57H38N2O2S2/c1-57(2)45-22-12-9-19-39(45)44-31-49-50(32-46(44)57)61-52-34-48(59(36-17-7-4-8-18-36)38-26-28-43-41-21-11-14-24-54(41)63-56(43)30-38)47(33-51(52)60-49)58(35-15-5-3-6-16-35)37-25-27-42-40-20-10-13-23-53(40)62-55(42)29-37/h3-34H,1-2H3. The van der Waals surface area contributed by atoms with E-state index in [0.717, 1.165) is 34.1 Å². The molecule has 2 aliphatic rings. The molecule has 0 bridgehead atoms. The number of nitrogens with zero attached hydrogens (tertiary/aromatic N) is 2. The van der Waals surface area contributed by atoms with Gasteiger partial charge in [-0.25, -0.2) is 0 Å². The third kappa shape index (κ3) is 5.65. The number of ether oxygens (including phenoxy) is 2. The van der Waals surface area contributed by atoms with E-state index in [4.69, 9.17) is 9.47 Å². The van der Waals surface area contributed by atoms with E-state index in [9.17, 15) is 0 Å². The molecule has 1 aliphatic carbocycles. The molecule has 0 N–H and O–H groups in total. The van der Waals surface area contributed by atoms with Crippen molar-refractivity contribution in [3.05, 3.63) is 205 Å². The first-order chi connectivity index (χ1) is 31.0. The Balaban J connectivity index is 1.06. The number of fused-ring (bicyclic) bond motifs is 11. The van der Waals surface area contributed by atoms with Gasteiger partial charge in [0.25, 0.3) is 0 Å². The molecule has 2 aromatic heterocycles. The third-order valence-corrected chi connectivity index (χ3v) is 15.1. The lowest BCUT2D eigenvalue weighted by Crippen LogP contribution is -2.18. The van der Waals surface area contributed by atoms with Crippen LogP contribution < -0.4 is 19.3 Å². The summed E-state index contributed by atoms with van der Waals surface area (Å²) in [5.74, 6) is 2.74. The van der Waals surface area contributed by atoms with Crippen LogP contribution in [-0.4, -0.2) is 0 Å². The van der Waals surface area contributed by atoms with Gasteiger partial charge in [0.2, 0.25) is 0 Å². The molecule has 11 aromatic rings. The Morgan fingerprint density at radius 1 is 0.349 bits per heavy atom. The molecule has 0 amide bonds. The fourth-order valence-electron chi connectivity index (χ4n) is 9.88. The minimum Gasteiger partial charge on any atom is -0.449 e. The molecule has 0 saturated heterocycles. The van der Waals surface area contributed by atoms with E-state index in [1.54, 1.807) is 0 Å². The van der Waals surface area contributed by atoms with Crippen molar-refractivity contribution in [3.8, 4) is 34.1 Å². The van der Waals surface area contributed by atoms with E-state index in [1.807, 2.05) is 22.7 Å². The molecule has 300 valence electrons. The van der Waals surface area contributed by atoms with E-state index in [1.165, 1.54) is 62.6 Å². The van der Waals surface area contributed by atoms with Crippen LogP contribution in [0.4, 0.5) is 34.1 Å². The Kier molecular flexibility index (Phi) is 7.96. The minimum absolute atomic E-state index is 0.180. The zero-order chi connectivity index (χ0) is 41.8. The summed E-state index contributed by atoms with van der Waals surface area (Å²) in [6.07, 6.45) is 0. The number of para-hydroxylation sites is 2. The molecule has 1 aliphatic heterocycles. The largest absolute Gasteiger partial charge is 0.449 e. The van der Waals surface area contributed by atoms with Crippen LogP contribution in [0.2, 0.25) is 0 Å².